The van der Waals surface area contributed by atoms with Gasteiger partial charge in [0, 0.05) is 7.05 Å². The molecule has 6 nitrogen and oxygen atoms in total. The predicted octanol–water partition coefficient (Wildman–Crippen LogP) is 0.0632. The number of hydrogen-bond acceptors (Lipinski definition) is 5. The molecule has 0 aliphatic heterocycles. The maximum Gasteiger partial charge on any atom is 0.280 e. The highest BCUT2D eigenvalue weighted by atomic mass is 16.1. The molecule has 0 amide bonds. The van der Waals surface area contributed by atoms with Crippen LogP contribution < -0.4 is 10.9 Å². The third kappa shape index (κ3) is 1.30. The molecule has 0 unspecified atom stereocenters. The van der Waals surface area contributed by atoms with Crippen LogP contribution >= 0.6 is 0 Å². The average molecular weight is 191 g/mol. The van der Waals surface area contributed by atoms with E-state index in [-0.39, 0.29) is 11.1 Å². The fraction of sp³-hybridized carbons (Fsp3) is 0.250. The Balaban J connectivity index is 2.83. The van der Waals surface area contributed by atoms with Crippen LogP contribution in [0, 0.1) is 6.92 Å². The van der Waals surface area contributed by atoms with Crippen LogP contribution in [0.1, 0.15) is 5.69 Å². The Bertz CT molecular complexity index is 533. The Morgan fingerprint density at radius 2 is 2.21 bits per heavy atom. The van der Waals surface area contributed by atoms with E-state index in [4.69, 9.17) is 0 Å². The van der Waals surface area contributed by atoms with Crippen LogP contribution in [0.3, 0.4) is 0 Å². The van der Waals surface area contributed by atoms with Gasteiger partial charge >= 0.3 is 0 Å². The Kier molecular flexibility index (Phi) is 1.88. The van der Waals surface area contributed by atoms with Crippen molar-refractivity contribution in [2.24, 2.45) is 0 Å². The van der Waals surface area contributed by atoms with Gasteiger partial charge in [0.05, 0.1) is 11.9 Å². The molecule has 0 radical (unpaired) electrons. The van der Waals surface area contributed by atoms with Crippen molar-refractivity contribution in [2.45, 2.75) is 6.92 Å². The third-order valence-electron chi connectivity index (χ3n) is 1.78. The number of H-pyrrole nitrogens is 1. The molecule has 0 saturated carbocycles. The topological polar surface area (TPSA) is 83.6 Å². The van der Waals surface area contributed by atoms with Gasteiger partial charge in [-0.25, -0.2) is 9.97 Å². The molecule has 0 atom stereocenters. The number of nitrogens with one attached hydrogen (secondary N) is 2. The molecule has 0 aromatic carbocycles. The largest absolute Gasteiger partial charge is 0.359 e. The lowest BCUT2D eigenvalue weighted by atomic mass is 10.4. The zero-order valence-electron chi connectivity index (χ0n) is 7.83. The monoisotopic (exact) mass is 191 g/mol. The van der Waals surface area contributed by atoms with E-state index in [1.807, 2.05) is 0 Å². The van der Waals surface area contributed by atoms with Crippen molar-refractivity contribution < 1.29 is 0 Å². The number of hydrogen-bond donors (Lipinski definition) is 2. The molecule has 0 spiro atoms. The maximum absolute atomic E-state index is 11.5. The zero-order valence-corrected chi connectivity index (χ0v) is 7.83. The second kappa shape index (κ2) is 3.06. The van der Waals surface area contributed by atoms with Gasteiger partial charge in [-0.1, -0.05) is 0 Å². The van der Waals surface area contributed by atoms with E-state index in [2.05, 4.69) is 25.3 Å². The molecule has 2 heterocycles. The van der Waals surface area contributed by atoms with Gasteiger partial charge in [0.15, 0.2) is 11.2 Å². The smallest absolute Gasteiger partial charge is 0.280 e. The van der Waals surface area contributed by atoms with E-state index in [0.29, 0.717) is 17.3 Å². The summed E-state index contributed by atoms with van der Waals surface area (Å²) in [7, 11) is 1.67. The van der Waals surface area contributed by atoms with Crippen LogP contribution in [-0.4, -0.2) is 27.0 Å². The molecule has 0 saturated heterocycles. The fourth-order valence-corrected chi connectivity index (χ4v) is 1.12. The molecule has 0 aliphatic carbocycles. The summed E-state index contributed by atoms with van der Waals surface area (Å²) in [6, 6.07) is 0. The minimum absolute atomic E-state index is 0.268. The van der Waals surface area contributed by atoms with Gasteiger partial charge in [-0.3, -0.25) is 9.78 Å². The molecule has 2 N–H and O–H groups in total. The molecule has 0 aliphatic rings. The number of nitrogens with zero attached hydrogens (tertiary/aromatic N) is 3. The quantitative estimate of drug-likeness (QED) is 0.666. The normalized spacial score (nSPS) is 10.4. The lowest BCUT2D eigenvalue weighted by Crippen LogP contribution is -2.13. The minimum Gasteiger partial charge on any atom is -0.359 e. The first-order valence-corrected chi connectivity index (χ1v) is 4.12. The summed E-state index contributed by atoms with van der Waals surface area (Å²) in [6.45, 7) is 1.78. The van der Waals surface area contributed by atoms with E-state index >= 15 is 0 Å². The maximum atomic E-state index is 11.5. The lowest BCUT2D eigenvalue weighted by molar-refractivity contribution is 1.08. The van der Waals surface area contributed by atoms with Crippen LogP contribution in [0.2, 0.25) is 0 Å². The average Bonchev–Trinajstić information content (AvgIpc) is 2.19. The molecule has 72 valence electrons. The number of aryl methyl sites for hydroxylation is 1. The van der Waals surface area contributed by atoms with Crippen molar-refractivity contribution >= 4 is 17.1 Å². The van der Waals surface area contributed by atoms with Gasteiger partial charge in [-0.2, -0.15) is 4.98 Å². The SMILES string of the molecule is CNc1nc2ncc(C)nc2c(=O)[nH]1. The van der Waals surface area contributed by atoms with Crippen LogP contribution in [0.4, 0.5) is 5.95 Å². The van der Waals surface area contributed by atoms with E-state index in [0.717, 1.165) is 0 Å². The van der Waals surface area contributed by atoms with E-state index in [1.165, 1.54) is 0 Å². The molecule has 2 aromatic rings. The number of rotatable bonds is 1. The highest BCUT2D eigenvalue weighted by molar-refractivity contribution is 5.69. The third-order valence-corrected chi connectivity index (χ3v) is 1.78. The Morgan fingerprint density at radius 3 is 2.93 bits per heavy atom. The Morgan fingerprint density at radius 1 is 1.43 bits per heavy atom. The van der Waals surface area contributed by atoms with Gasteiger partial charge in [-0.15, -0.1) is 0 Å². The zero-order chi connectivity index (χ0) is 10.1. The second-order valence-electron chi connectivity index (χ2n) is 2.85. The summed E-state index contributed by atoms with van der Waals surface area (Å²) in [5.74, 6) is 0.389. The van der Waals surface area contributed by atoms with Crippen molar-refractivity contribution in [1.82, 2.24) is 19.9 Å². The van der Waals surface area contributed by atoms with Crippen molar-refractivity contribution in [2.75, 3.05) is 12.4 Å². The molecular weight excluding hydrogens is 182 g/mol. The van der Waals surface area contributed by atoms with Crippen LogP contribution in [0.15, 0.2) is 11.0 Å². The standard InChI is InChI=1S/C8H9N5O/c1-4-3-10-6-5(11-4)7(14)13-8(9-2)12-6/h3H,1-2H3,(H2,9,10,12,13,14). The summed E-state index contributed by atoms with van der Waals surface area (Å²) in [4.78, 5) is 26.1. The van der Waals surface area contributed by atoms with Gasteiger partial charge in [0.2, 0.25) is 5.95 Å². The first kappa shape index (κ1) is 8.61. The lowest BCUT2D eigenvalue weighted by Gasteiger charge is -2.00. The summed E-state index contributed by atoms with van der Waals surface area (Å²) in [6.07, 6.45) is 1.58. The number of aromatic amines is 1. The van der Waals surface area contributed by atoms with Gasteiger partial charge in [0.25, 0.3) is 5.56 Å². The number of fused-ring (bicyclic) bond motifs is 1. The van der Waals surface area contributed by atoms with Crippen molar-refractivity contribution in [1.29, 1.82) is 0 Å². The van der Waals surface area contributed by atoms with Crippen LogP contribution in [-0.2, 0) is 0 Å². The highest BCUT2D eigenvalue weighted by Gasteiger charge is 2.04. The molecule has 14 heavy (non-hydrogen) atoms. The Labute approximate surface area is 79.4 Å². The second-order valence-corrected chi connectivity index (χ2v) is 2.85. The van der Waals surface area contributed by atoms with Gasteiger partial charge in [-0.05, 0) is 6.92 Å². The predicted molar refractivity (Wildman–Crippen MR) is 52.2 cm³/mol. The van der Waals surface area contributed by atoms with Crippen LogP contribution in [0.5, 0.6) is 0 Å². The number of aromatic nitrogens is 4. The summed E-state index contributed by atoms with van der Waals surface area (Å²) >= 11 is 0. The summed E-state index contributed by atoms with van der Waals surface area (Å²) < 4.78 is 0. The Hall–Kier alpha value is -1.98. The van der Waals surface area contributed by atoms with Gasteiger partial charge < -0.3 is 5.32 Å². The highest BCUT2D eigenvalue weighted by Crippen LogP contribution is 2.02. The molecule has 6 heteroatoms. The van der Waals surface area contributed by atoms with Crippen molar-refractivity contribution in [3.63, 3.8) is 0 Å². The summed E-state index contributed by atoms with van der Waals surface area (Å²) in [5.41, 5.74) is 1.03. The van der Waals surface area contributed by atoms with E-state index in [1.54, 1.807) is 20.2 Å². The van der Waals surface area contributed by atoms with Crippen molar-refractivity contribution in [3.05, 3.63) is 22.2 Å². The molecule has 0 bridgehead atoms. The minimum atomic E-state index is -0.282. The van der Waals surface area contributed by atoms with E-state index < -0.39 is 0 Å². The summed E-state index contributed by atoms with van der Waals surface area (Å²) in [5, 5.41) is 2.74. The van der Waals surface area contributed by atoms with E-state index in [9.17, 15) is 4.79 Å². The van der Waals surface area contributed by atoms with Crippen molar-refractivity contribution in [3.8, 4) is 0 Å². The molecular formula is C8H9N5O. The molecule has 0 fully saturated rings. The number of anilines is 1. The molecule has 2 rings (SSSR count). The van der Waals surface area contributed by atoms with Crippen LogP contribution in [0.25, 0.3) is 11.2 Å². The first-order valence-electron chi connectivity index (χ1n) is 4.12. The van der Waals surface area contributed by atoms with Gasteiger partial charge in [0.1, 0.15) is 0 Å². The molecule has 2 aromatic heterocycles. The first-order chi connectivity index (χ1) is 6.70. The fourth-order valence-electron chi connectivity index (χ4n) is 1.12.